The van der Waals surface area contributed by atoms with E-state index in [9.17, 15) is 4.79 Å². The number of carbonyl (C=O) groups is 1. The summed E-state index contributed by atoms with van der Waals surface area (Å²) >= 11 is 0. The highest BCUT2D eigenvalue weighted by atomic mass is 17.2. The van der Waals surface area contributed by atoms with E-state index in [1.807, 2.05) is 7.11 Å². The average Bonchev–Trinajstić information content (AvgIpc) is 2.79. The van der Waals surface area contributed by atoms with Gasteiger partial charge >= 0.3 is 0 Å². The molecule has 0 atom stereocenters. The first-order valence-electron chi connectivity index (χ1n) is 12.7. The van der Waals surface area contributed by atoms with Crippen LogP contribution >= 0.6 is 0 Å². The summed E-state index contributed by atoms with van der Waals surface area (Å²) in [5.74, 6) is 2.95. The lowest BCUT2D eigenvalue weighted by Gasteiger charge is -2.58. The fourth-order valence-corrected chi connectivity index (χ4v) is 7.31. The van der Waals surface area contributed by atoms with Crippen LogP contribution in [0.15, 0.2) is 0 Å². The third-order valence-corrected chi connectivity index (χ3v) is 8.87. The molecule has 5 saturated carbocycles. The summed E-state index contributed by atoms with van der Waals surface area (Å²) in [7, 11) is 1.81. The van der Waals surface area contributed by atoms with Crippen molar-refractivity contribution in [3.05, 3.63) is 0 Å². The van der Waals surface area contributed by atoms with Crippen LogP contribution < -0.4 is 10.6 Å². The monoisotopic (exact) mass is 435 g/mol. The van der Waals surface area contributed by atoms with Gasteiger partial charge in [0.2, 0.25) is 11.7 Å². The Bertz CT molecular complexity index is 588. The summed E-state index contributed by atoms with van der Waals surface area (Å²) < 4.78 is 6.05. The third-order valence-electron chi connectivity index (χ3n) is 8.87. The Labute approximate surface area is 186 Å². The Balaban J connectivity index is 1.03. The Morgan fingerprint density at radius 3 is 2.26 bits per heavy atom. The minimum absolute atomic E-state index is 0.150. The van der Waals surface area contributed by atoms with Gasteiger partial charge in [0.15, 0.2) is 0 Å². The maximum atomic E-state index is 12.3. The molecule has 1 aliphatic heterocycles. The zero-order chi connectivity index (χ0) is 21.3. The number of rotatable bonds is 8. The van der Waals surface area contributed by atoms with Crippen molar-refractivity contribution in [2.75, 3.05) is 46.4 Å². The number of hydrogen-bond acceptors (Lipinski definition) is 6. The van der Waals surface area contributed by atoms with Crippen molar-refractivity contribution in [2.24, 2.45) is 29.6 Å². The van der Waals surface area contributed by atoms with Crippen LogP contribution in [0, 0.1) is 29.6 Å². The molecular weight excluding hydrogens is 394 g/mol. The Morgan fingerprint density at radius 2 is 1.65 bits per heavy atom. The largest absolute Gasteiger partial charge is 0.355 e. The number of carbonyl (C=O) groups excluding carboxylic acids is 1. The van der Waals surface area contributed by atoms with Crippen LogP contribution in [0.1, 0.15) is 57.8 Å². The Morgan fingerprint density at radius 1 is 1.00 bits per heavy atom. The van der Waals surface area contributed by atoms with Gasteiger partial charge in [-0.2, -0.15) is 0 Å². The van der Waals surface area contributed by atoms with E-state index in [2.05, 4.69) is 15.5 Å². The molecule has 7 heteroatoms. The number of ether oxygens (including phenoxy) is 1. The zero-order valence-corrected chi connectivity index (χ0v) is 19.2. The van der Waals surface area contributed by atoms with Crippen LogP contribution in [0.2, 0.25) is 0 Å². The average molecular weight is 436 g/mol. The molecule has 7 nitrogen and oxygen atoms in total. The molecule has 0 aromatic heterocycles. The fraction of sp³-hybridized carbons (Fsp3) is 0.958. The minimum Gasteiger partial charge on any atom is -0.355 e. The summed E-state index contributed by atoms with van der Waals surface area (Å²) in [5.41, 5.74) is 0. The van der Waals surface area contributed by atoms with Gasteiger partial charge in [0, 0.05) is 51.7 Å². The smallest absolute Gasteiger partial charge is 0.234 e. The molecule has 6 fully saturated rings. The molecule has 0 radical (unpaired) electrons. The maximum absolute atomic E-state index is 12.3. The number of nitrogens with one attached hydrogen (secondary N) is 2. The number of nitrogens with zero attached hydrogens (tertiary/aromatic N) is 1. The second kappa shape index (κ2) is 9.64. The molecule has 4 bridgehead atoms. The van der Waals surface area contributed by atoms with E-state index in [4.69, 9.17) is 14.5 Å². The van der Waals surface area contributed by atoms with Crippen LogP contribution in [-0.2, 0) is 19.3 Å². The molecule has 1 saturated heterocycles. The van der Waals surface area contributed by atoms with Crippen molar-refractivity contribution < 1.29 is 19.3 Å². The molecule has 0 spiro atoms. The molecule has 0 aromatic rings. The normalized spacial score (nSPS) is 42.6. The summed E-state index contributed by atoms with van der Waals surface area (Å²) in [5, 5.41) is 6.48. The van der Waals surface area contributed by atoms with Gasteiger partial charge in [-0.15, -0.1) is 0 Å². The summed E-state index contributed by atoms with van der Waals surface area (Å²) in [6, 6.07) is 0. The predicted octanol–water partition coefficient (Wildman–Crippen LogP) is 2.31. The van der Waals surface area contributed by atoms with Gasteiger partial charge in [-0.3, -0.25) is 9.69 Å². The van der Waals surface area contributed by atoms with Crippen molar-refractivity contribution in [3.63, 3.8) is 0 Å². The van der Waals surface area contributed by atoms with E-state index in [0.717, 1.165) is 70.2 Å². The first-order valence-corrected chi connectivity index (χ1v) is 12.7. The molecule has 31 heavy (non-hydrogen) atoms. The molecule has 176 valence electrons. The van der Waals surface area contributed by atoms with Gasteiger partial charge < -0.3 is 15.4 Å². The molecule has 5 aliphatic carbocycles. The lowest BCUT2D eigenvalue weighted by molar-refractivity contribution is -0.485. The highest BCUT2D eigenvalue weighted by Gasteiger charge is 2.60. The van der Waals surface area contributed by atoms with Crippen molar-refractivity contribution in [3.8, 4) is 0 Å². The van der Waals surface area contributed by atoms with Gasteiger partial charge in [0.1, 0.15) is 0 Å². The molecule has 1 amide bonds. The summed E-state index contributed by atoms with van der Waals surface area (Å²) in [4.78, 5) is 26.7. The molecule has 2 N–H and O–H groups in total. The maximum Gasteiger partial charge on any atom is 0.234 e. The third kappa shape index (κ3) is 4.81. The molecular formula is C24H41N3O4. The topological polar surface area (TPSA) is 72.1 Å². The first kappa shape index (κ1) is 22.1. The van der Waals surface area contributed by atoms with Crippen LogP contribution in [0.25, 0.3) is 0 Å². The fourth-order valence-electron chi connectivity index (χ4n) is 7.31. The quantitative estimate of drug-likeness (QED) is 0.346. The van der Waals surface area contributed by atoms with Crippen molar-refractivity contribution in [2.45, 2.75) is 69.7 Å². The second-order valence-corrected chi connectivity index (χ2v) is 10.9. The van der Waals surface area contributed by atoms with Gasteiger partial charge in [0.05, 0.1) is 12.6 Å². The summed E-state index contributed by atoms with van der Waals surface area (Å²) in [6.07, 6.45) is 10.7. The van der Waals surface area contributed by atoms with Crippen molar-refractivity contribution in [1.82, 2.24) is 15.5 Å². The minimum atomic E-state index is -0.512. The van der Waals surface area contributed by atoms with E-state index in [0.29, 0.717) is 24.3 Å². The van der Waals surface area contributed by atoms with Crippen LogP contribution in [0.3, 0.4) is 0 Å². The molecule has 6 rings (SSSR count). The van der Waals surface area contributed by atoms with Gasteiger partial charge in [-0.25, -0.2) is 9.78 Å². The van der Waals surface area contributed by atoms with E-state index in [1.165, 1.54) is 32.1 Å². The Kier molecular flexibility index (Phi) is 6.86. The molecule has 0 aromatic carbocycles. The van der Waals surface area contributed by atoms with Crippen molar-refractivity contribution in [1.29, 1.82) is 0 Å². The van der Waals surface area contributed by atoms with Crippen LogP contribution in [-0.4, -0.2) is 69.1 Å². The Hall–Kier alpha value is -0.730. The molecule has 1 heterocycles. The van der Waals surface area contributed by atoms with E-state index < -0.39 is 5.79 Å². The number of amides is 1. The number of methoxy groups -OCH3 is 1. The standard InChI is InChI=1S/C24H41N3O4/c1-29-24(20-11-18-10-19(13-20)14-21(24)12-18)31-30-22-4-2-17(3-5-22)15-26-23(28)16-27-8-6-25-7-9-27/h17-22,25H,2-16H2,1H3,(H,26,28)/t17-,18?,19?,20?,21?,22+,24?. The van der Waals surface area contributed by atoms with Crippen LogP contribution in [0.4, 0.5) is 0 Å². The number of hydrogen-bond donors (Lipinski definition) is 2. The number of piperazine rings is 1. The molecule has 6 aliphatic rings. The van der Waals surface area contributed by atoms with Crippen LogP contribution in [0.5, 0.6) is 0 Å². The molecule has 0 unspecified atom stereocenters. The van der Waals surface area contributed by atoms with E-state index >= 15 is 0 Å². The van der Waals surface area contributed by atoms with Gasteiger partial charge in [0.25, 0.3) is 0 Å². The summed E-state index contributed by atoms with van der Waals surface area (Å²) in [6.45, 7) is 5.19. The van der Waals surface area contributed by atoms with Crippen molar-refractivity contribution >= 4 is 5.91 Å². The zero-order valence-electron chi connectivity index (χ0n) is 19.2. The lowest BCUT2D eigenvalue weighted by atomic mass is 9.53. The van der Waals surface area contributed by atoms with Gasteiger partial charge in [-0.1, -0.05) is 0 Å². The first-order chi connectivity index (χ1) is 15.1. The van der Waals surface area contributed by atoms with E-state index in [-0.39, 0.29) is 12.0 Å². The predicted molar refractivity (Wildman–Crippen MR) is 117 cm³/mol. The van der Waals surface area contributed by atoms with Gasteiger partial charge in [-0.05, 0) is 75.5 Å². The lowest BCUT2D eigenvalue weighted by Crippen LogP contribution is -2.60. The SMILES string of the molecule is COC1(OO[C@H]2CC[C@@H](CNC(=O)CN3CCNCC3)CC2)C2CC3CC(C2)CC1C3. The van der Waals surface area contributed by atoms with E-state index in [1.54, 1.807) is 0 Å². The second-order valence-electron chi connectivity index (χ2n) is 10.9. The highest BCUT2D eigenvalue weighted by molar-refractivity contribution is 5.78. The highest BCUT2D eigenvalue weighted by Crippen LogP contribution is 2.60.